The van der Waals surface area contributed by atoms with Crippen LogP contribution in [-0.4, -0.2) is 33.9 Å². The normalized spacial score (nSPS) is 10.7. The summed E-state index contributed by atoms with van der Waals surface area (Å²) < 4.78 is 0. The third-order valence-electron chi connectivity index (χ3n) is 2.83. The van der Waals surface area contributed by atoms with Crippen molar-refractivity contribution in [2.45, 2.75) is 46.1 Å². The van der Waals surface area contributed by atoms with Crippen LogP contribution in [-0.2, 0) is 0 Å². The lowest BCUT2D eigenvalue weighted by Gasteiger charge is -2.28. The second-order valence-corrected chi connectivity index (χ2v) is 4.57. The molecule has 0 unspecified atom stereocenters. The van der Waals surface area contributed by atoms with Gasteiger partial charge in [-0.1, -0.05) is 19.8 Å². The van der Waals surface area contributed by atoms with Crippen molar-refractivity contribution >= 4 is 11.8 Å². The summed E-state index contributed by atoms with van der Waals surface area (Å²) >= 11 is 0. The van der Waals surface area contributed by atoms with Crippen molar-refractivity contribution in [1.82, 2.24) is 10.2 Å². The van der Waals surface area contributed by atoms with Crippen molar-refractivity contribution in [3.63, 3.8) is 0 Å². The number of hydrogen-bond donors (Lipinski definition) is 1. The molecule has 0 saturated carbocycles. The van der Waals surface area contributed by atoms with E-state index in [-0.39, 0.29) is 11.6 Å². The number of carbonyl (C=O) groups is 1. The molecular weight excluding hydrogens is 230 g/mol. The van der Waals surface area contributed by atoms with E-state index in [1.54, 1.807) is 0 Å². The monoisotopic (exact) mass is 251 g/mol. The van der Waals surface area contributed by atoms with Gasteiger partial charge in [0.15, 0.2) is 5.82 Å². The molecule has 0 amide bonds. The zero-order chi connectivity index (χ0) is 13.5. The van der Waals surface area contributed by atoms with Gasteiger partial charge in [-0.3, -0.25) is 0 Å². The van der Waals surface area contributed by atoms with Crippen LogP contribution in [0.15, 0.2) is 12.3 Å². The Labute approximate surface area is 108 Å². The molecule has 1 rings (SSSR count). The summed E-state index contributed by atoms with van der Waals surface area (Å²) in [5.74, 6) is -0.489. The van der Waals surface area contributed by atoms with Crippen LogP contribution < -0.4 is 4.90 Å². The number of unbranched alkanes of at least 4 members (excludes halogenated alkanes) is 2. The Morgan fingerprint density at radius 3 is 2.72 bits per heavy atom. The molecule has 1 aromatic rings. The van der Waals surface area contributed by atoms with Crippen LogP contribution in [0.1, 0.15) is 50.4 Å². The first kappa shape index (κ1) is 14.4. The molecule has 0 atom stereocenters. The van der Waals surface area contributed by atoms with E-state index in [1.807, 2.05) is 18.7 Å². The van der Waals surface area contributed by atoms with Gasteiger partial charge in [0.1, 0.15) is 5.56 Å². The third-order valence-corrected chi connectivity index (χ3v) is 2.83. The lowest BCUT2D eigenvalue weighted by atomic mass is 10.2. The van der Waals surface area contributed by atoms with Gasteiger partial charge in [0.2, 0.25) is 0 Å². The minimum Gasteiger partial charge on any atom is -0.478 e. The SMILES string of the molecule is CCCCCN(c1nnccc1C(=O)O)C(C)C. The van der Waals surface area contributed by atoms with Crippen molar-refractivity contribution in [3.8, 4) is 0 Å². The van der Waals surface area contributed by atoms with Crippen molar-refractivity contribution < 1.29 is 9.90 Å². The molecule has 1 heterocycles. The highest BCUT2D eigenvalue weighted by atomic mass is 16.4. The van der Waals surface area contributed by atoms with Crippen molar-refractivity contribution in [2.75, 3.05) is 11.4 Å². The number of aromatic nitrogens is 2. The summed E-state index contributed by atoms with van der Waals surface area (Å²) in [6.45, 7) is 7.02. The van der Waals surface area contributed by atoms with E-state index in [4.69, 9.17) is 0 Å². The highest BCUT2D eigenvalue weighted by Crippen LogP contribution is 2.19. The minimum atomic E-state index is -0.957. The molecule has 5 heteroatoms. The fourth-order valence-corrected chi connectivity index (χ4v) is 1.84. The van der Waals surface area contributed by atoms with Crippen LogP contribution in [0.2, 0.25) is 0 Å². The first-order chi connectivity index (χ1) is 8.57. The molecule has 0 spiro atoms. The average Bonchev–Trinajstić information content (AvgIpc) is 2.34. The fourth-order valence-electron chi connectivity index (χ4n) is 1.84. The van der Waals surface area contributed by atoms with Crippen LogP contribution in [0.5, 0.6) is 0 Å². The zero-order valence-corrected chi connectivity index (χ0v) is 11.3. The van der Waals surface area contributed by atoms with E-state index in [0.717, 1.165) is 25.8 Å². The topological polar surface area (TPSA) is 66.3 Å². The lowest BCUT2D eigenvalue weighted by molar-refractivity contribution is 0.0697. The maximum Gasteiger partial charge on any atom is 0.339 e. The summed E-state index contributed by atoms with van der Waals surface area (Å²) in [4.78, 5) is 13.2. The molecule has 0 bridgehead atoms. The molecule has 18 heavy (non-hydrogen) atoms. The molecule has 100 valence electrons. The predicted octanol–water partition coefficient (Wildman–Crippen LogP) is 2.58. The maximum atomic E-state index is 11.2. The summed E-state index contributed by atoms with van der Waals surface area (Å²) in [5.41, 5.74) is 0.218. The van der Waals surface area contributed by atoms with Gasteiger partial charge in [-0.2, -0.15) is 5.10 Å². The zero-order valence-electron chi connectivity index (χ0n) is 11.3. The largest absolute Gasteiger partial charge is 0.478 e. The second kappa shape index (κ2) is 6.93. The summed E-state index contributed by atoms with van der Waals surface area (Å²) in [5, 5.41) is 17.0. The predicted molar refractivity (Wildman–Crippen MR) is 71.0 cm³/mol. The molecule has 0 aliphatic heterocycles. The first-order valence-corrected chi connectivity index (χ1v) is 6.39. The van der Waals surface area contributed by atoms with Crippen molar-refractivity contribution in [1.29, 1.82) is 0 Å². The van der Waals surface area contributed by atoms with E-state index < -0.39 is 5.97 Å². The molecule has 0 fully saturated rings. The molecule has 0 aromatic carbocycles. The Balaban J connectivity index is 2.94. The number of anilines is 1. The number of nitrogens with zero attached hydrogens (tertiary/aromatic N) is 3. The van der Waals surface area contributed by atoms with Crippen LogP contribution in [0.4, 0.5) is 5.82 Å². The van der Waals surface area contributed by atoms with Gasteiger partial charge in [-0.15, -0.1) is 5.10 Å². The highest BCUT2D eigenvalue weighted by Gasteiger charge is 2.19. The Morgan fingerprint density at radius 2 is 2.17 bits per heavy atom. The van der Waals surface area contributed by atoms with Gasteiger partial charge < -0.3 is 10.0 Å². The summed E-state index contributed by atoms with van der Waals surface area (Å²) in [7, 11) is 0. The van der Waals surface area contributed by atoms with Crippen LogP contribution in [0.25, 0.3) is 0 Å². The number of carboxylic acids is 1. The van der Waals surface area contributed by atoms with Gasteiger partial charge in [0, 0.05) is 12.6 Å². The van der Waals surface area contributed by atoms with E-state index in [0.29, 0.717) is 5.82 Å². The van der Waals surface area contributed by atoms with E-state index >= 15 is 0 Å². The standard InChI is InChI=1S/C13H21N3O2/c1-4-5-6-9-16(10(2)3)12-11(13(17)18)7-8-14-15-12/h7-8,10H,4-6,9H2,1-3H3,(H,17,18). The van der Waals surface area contributed by atoms with Crippen molar-refractivity contribution in [2.24, 2.45) is 0 Å². The van der Waals surface area contributed by atoms with Gasteiger partial charge in [-0.05, 0) is 26.3 Å². The molecule has 1 N–H and O–H groups in total. The number of rotatable bonds is 7. The van der Waals surface area contributed by atoms with Crippen molar-refractivity contribution in [3.05, 3.63) is 17.8 Å². The molecule has 1 aromatic heterocycles. The quantitative estimate of drug-likeness (QED) is 0.754. The number of hydrogen-bond acceptors (Lipinski definition) is 4. The van der Waals surface area contributed by atoms with E-state index in [1.165, 1.54) is 12.3 Å². The highest BCUT2D eigenvalue weighted by molar-refractivity contribution is 5.93. The molecular formula is C13H21N3O2. The molecule has 0 saturated heterocycles. The van der Waals surface area contributed by atoms with Gasteiger partial charge >= 0.3 is 5.97 Å². The minimum absolute atomic E-state index is 0.205. The number of aromatic carboxylic acids is 1. The summed E-state index contributed by atoms with van der Waals surface area (Å²) in [6.07, 6.45) is 4.71. The maximum absolute atomic E-state index is 11.2. The van der Waals surface area contributed by atoms with Crippen LogP contribution in [0.3, 0.4) is 0 Å². The Kier molecular flexibility index (Phi) is 5.55. The Morgan fingerprint density at radius 1 is 1.44 bits per heavy atom. The van der Waals surface area contributed by atoms with Crippen LogP contribution >= 0.6 is 0 Å². The smallest absolute Gasteiger partial charge is 0.339 e. The first-order valence-electron chi connectivity index (χ1n) is 6.39. The van der Waals surface area contributed by atoms with Crippen LogP contribution in [0, 0.1) is 0 Å². The fraction of sp³-hybridized carbons (Fsp3) is 0.615. The Hall–Kier alpha value is -1.65. The molecule has 0 aliphatic rings. The van der Waals surface area contributed by atoms with E-state index in [9.17, 15) is 9.90 Å². The Bertz CT molecular complexity index is 394. The molecule has 0 aliphatic carbocycles. The average molecular weight is 251 g/mol. The van der Waals surface area contributed by atoms with E-state index in [2.05, 4.69) is 17.1 Å². The molecule has 0 radical (unpaired) electrons. The molecule has 5 nitrogen and oxygen atoms in total. The number of carboxylic acid groups (broad SMARTS) is 1. The summed E-state index contributed by atoms with van der Waals surface area (Å²) in [6, 6.07) is 1.71. The third kappa shape index (κ3) is 3.68. The van der Waals surface area contributed by atoms with Gasteiger partial charge in [-0.25, -0.2) is 4.79 Å². The van der Waals surface area contributed by atoms with Gasteiger partial charge in [0.25, 0.3) is 0 Å². The van der Waals surface area contributed by atoms with Gasteiger partial charge in [0.05, 0.1) is 6.20 Å². The second-order valence-electron chi connectivity index (χ2n) is 4.57. The lowest BCUT2D eigenvalue weighted by Crippen LogP contribution is -2.34.